The van der Waals surface area contributed by atoms with Crippen LogP contribution < -0.4 is 5.32 Å². The molecule has 1 aromatic carbocycles. The molecule has 2 aromatic rings. The molecule has 0 aliphatic heterocycles. The van der Waals surface area contributed by atoms with E-state index in [0.29, 0.717) is 6.04 Å². The molecule has 0 bridgehead atoms. The van der Waals surface area contributed by atoms with E-state index in [2.05, 4.69) is 41.5 Å². The van der Waals surface area contributed by atoms with E-state index in [1.165, 1.54) is 49.5 Å². The predicted octanol–water partition coefficient (Wildman–Crippen LogP) is 4.86. The van der Waals surface area contributed by atoms with E-state index in [-0.39, 0.29) is 0 Å². The lowest BCUT2D eigenvalue weighted by Crippen LogP contribution is -2.28. The molecule has 0 radical (unpaired) electrons. The quantitative estimate of drug-likeness (QED) is 0.810. The largest absolute Gasteiger partial charge is 0.310 e. The summed E-state index contributed by atoms with van der Waals surface area (Å²) >= 11 is 0. The van der Waals surface area contributed by atoms with Crippen molar-refractivity contribution in [3.8, 4) is 0 Å². The van der Waals surface area contributed by atoms with E-state index >= 15 is 0 Å². The number of nitrogens with zero attached hydrogens (tertiary/aromatic N) is 1. The lowest BCUT2D eigenvalue weighted by atomic mass is 9.86. The summed E-state index contributed by atoms with van der Waals surface area (Å²) in [7, 11) is 0. The number of nitrogens with one attached hydrogen (secondary N) is 1. The second kappa shape index (κ2) is 7.04. The van der Waals surface area contributed by atoms with Gasteiger partial charge in [-0.1, -0.05) is 50.8 Å². The Morgan fingerprint density at radius 2 is 1.95 bits per heavy atom. The fourth-order valence-electron chi connectivity index (χ4n) is 3.70. The molecule has 1 fully saturated rings. The van der Waals surface area contributed by atoms with Gasteiger partial charge in [0.2, 0.25) is 0 Å². The van der Waals surface area contributed by atoms with Gasteiger partial charge in [-0.25, -0.2) is 0 Å². The second-order valence-electron chi connectivity index (χ2n) is 6.24. The Balaban J connectivity index is 1.90. The Morgan fingerprint density at radius 1 is 1.14 bits per heavy atom. The van der Waals surface area contributed by atoms with Crippen molar-refractivity contribution in [1.29, 1.82) is 0 Å². The molecule has 1 aliphatic rings. The average molecular weight is 282 g/mol. The Kier molecular flexibility index (Phi) is 4.87. The summed E-state index contributed by atoms with van der Waals surface area (Å²) < 4.78 is 0. The molecule has 1 aromatic heterocycles. The molecule has 1 aliphatic carbocycles. The minimum atomic E-state index is 0.486. The van der Waals surface area contributed by atoms with Gasteiger partial charge in [-0.3, -0.25) is 4.98 Å². The zero-order chi connectivity index (χ0) is 14.5. The number of aromatic nitrogens is 1. The molecule has 0 saturated heterocycles. The molecule has 1 heterocycles. The first kappa shape index (κ1) is 14.5. The number of hydrogen-bond acceptors (Lipinski definition) is 2. The lowest BCUT2D eigenvalue weighted by Gasteiger charge is -2.27. The van der Waals surface area contributed by atoms with Crippen LogP contribution in [0.5, 0.6) is 0 Å². The Morgan fingerprint density at radius 3 is 2.71 bits per heavy atom. The van der Waals surface area contributed by atoms with Crippen LogP contribution in [-0.4, -0.2) is 11.5 Å². The van der Waals surface area contributed by atoms with Crippen molar-refractivity contribution in [2.75, 3.05) is 6.54 Å². The Bertz CT molecular complexity index is 571. The molecular formula is C19H26N2. The van der Waals surface area contributed by atoms with Crippen molar-refractivity contribution in [3.05, 3.63) is 42.1 Å². The molecule has 21 heavy (non-hydrogen) atoms. The zero-order valence-corrected chi connectivity index (χ0v) is 13.0. The maximum absolute atomic E-state index is 4.52. The Labute approximate surface area is 128 Å². The highest BCUT2D eigenvalue weighted by molar-refractivity contribution is 5.79. The van der Waals surface area contributed by atoms with Crippen LogP contribution in [0.1, 0.15) is 57.1 Å². The van der Waals surface area contributed by atoms with Gasteiger partial charge in [-0.05, 0) is 43.0 Å². The first-order valence-corrected chi connectivity index (χ1v) is 8.46. The van der Waals surface area contributed by atoms with Gasteiger partial charge < -0.3 is 5.32 Å². The van der Waals surface area contributed by atoms with Crippen molar-refractivity contribution in [2.45, 2.75) is 51.5 Å². The second-order valence-corrected chi connectivity index (χ2v) is 6.24. The fraction of sp³-hybridized carbons (Fsp3) is 0.526. The van der Waals surface area contributed by atoms with Gasteiger partial charge in [0.25, 0.3) is 0 Å². The summed E-state index contributed by atoms with van der Waals surface area (Å²) in [5, 5.41) is 4.97. The number of rotatable bonds is 4. The van der Waals surface area contributed by atoms with Gasteiger partial charge in [0.1, 0.15) is 0 Å². The molecule has 1 N–H and O–H groups in total. The molecule has 2 heteroatoms. The summed E-state index contributed by atoms with van der Waals surface area (Å²) in [6.45, 7) is 3.24. The van der Waals surface area contributed by atoms with Crippen molar-refractivity contribution >= 4 is 10.9 Å². The van der Waals surface area contributed by atoms with Crippen LogP contribution in [0.15, 0.2) is 36.5 Å². The van der Waals surface area contributed by atoms with E-state index in [9.17, 15) is 0 Å². The predicted molar refractivity (Wildman–Crippen MR) is 89.4 cm³/mol. The molecule has 0 amide bonds. The highest BCUT2D eigenvalue weighted by Crippen LogP contribution is 2.34. The monoisotopic (exact) mass is 282 g/mol. The van der Waals surface area contributed by atoms with Crippen LogP contribution in [-0.2, 0) is 0 Å². The summed E-state index contributed by atoms with van der Waals surface area (Å²) in [4.78, 5) is 4.52. The standard InChI is InChI=1S/C19H26N2/c1-2-20-19(16-8-5-3-4-6-9-16)17-12-11-15-10-7-13-21-18(15)14-17/h7,10-14,16,19-20H,2-6,8-9H2,1H3. The molecule has 1 saturated carbocycles. The van der Waals surface area contributed by atoms with E-state index in [4.69, 9.17) is 0 Å². The van der Waals surface area contributed by atoms with Crippen molar-refractivity contribution in [2.24, 2.45) is 5.92 Å². The lowest BCUT2D eigenvalue weighted by molar-refractivity contribution is 0.330. The van der Waals surface area contributed by atoms with E-state index < -0.39 is 0 Å². The van der Waals surface area contributed by atoms with E-state index in [1.807, 2.05) is 12.3 Å². The molecular weight excluding hydrogens is 256 g/mol. The van der Waals surface area contributed by atoms with E-state index in [0.717, 1.165) is 18.0 Å². The first-order chi connectivity index (χ1) is 10.4. The van der Waals surface area contributed by atoms with Gasteiger partial charge in [0.05, 0.1) is 5.52 Å². The summed E-state index contributed by atoms with van der Waals surface area (Å²) in [6, 6.07) is 11.4. The Hall–Kier alpha value is -1.41. The summed E-state index contributed by atoms with van der Waals surface area (Å²) in [5.74, 6) is 0.772. The van der Waals surface area contributed by atoms with Crippen LogP contribution in [0.25, 0.3) is 10.9 Å². The van der Waals surface area contributed by atoms with Crippen LogP contribution in [0.4, 0.5) is 0 Å². The van der Waals surface area contributed by atoms with Crippen LogP contribution in [0, 0.1) is 5.92 Å². The van der Waals surface area contributed by atoms with Crippen molar-refractivity contribution in [3.63, 3.8) is 0 Å². The van der Waals surface area contributed by atoms with Crippen molar-refractivity contribution < 1.29 is 0 Å². The molecule has 112 valence electrons. The summed E-state index contributed by atoms with van der Waals surface area (Å²) in [6.07, 6.45) is 10.2. The highest BCUT2D eigenvalue weighted by Gasteiger charge is 2.23. The average Bonchev–Trinajstić information content (AvgIpc) is 2.81. The van der Waals surface area contributed by atoms with Gasteiger partial charge in [0.15, 0.2) is 0 Å². The van der Waals surface area contributed by atoms with Crippen LogP contribution in [0.3, 0.4) is 0 Å². The first-order valence-electron chi connectivity index (χ1n) is 8.46. The highest BCUT2D eigenvalue weighted by atomic mass is 14.9. The maximum Gasteiger partial charge on any atom is 0.0705 e. The van der Waals surface area contributed by atoms with Crippen LogP contribution >= 0.6 is 0 Å². The molecule has 1 atom stereocenters. The van der Waals surface area contributed by atoms with Crippen molar-refractivity contribution in [1.82, 2.24) is 10.3 Å². The minimum Gasteiger partial charge on any atom is -0.310 e. The zero-order valence-electron chi connectivity index (χ0n) is 13.0. The maximum atomic E-state index is 4.52. The third-order valence-electron chi connectivity index (χ3n) is 4.78. The topological polar surface area (TPSA) is 24.9 Å². The smallest absolute Gasteiger partial charge is 0.0705 e. The summed E-state index contributed by atoms with van der Waals surface area (Å²) in [5.41, 5.74) is 2.53. The minimum absolute atomic E-state index is 0.486. The number of hydrogen-bond donors (Lipinski definition) is 1. The molecule has 3 rings (SSSR count). The van der Waals surface area contributed by atoms with Gasteiger partial charge in [-0.2, -0.15) is 0 Å². The SMILES string of the molecule is CCNC(c1ccc2cccnc2c1)C1CCCCCC1. The molecule has 0 spiro atoms. The molecule has 2 nitrogen and oxygen atoms in total. The normalized spacial score (nSPS) is 18.5. The van der Waals surface area contributed by atoms with Gasteiger partial charge in [-0.15, -0.1) is 0 Å². The third kappa shape index (κ3) is 3.44. The van der Waals surface area contributed by atoms with Crippen LogP contribution in [0.2, 0.25) is 0 Å². The number of benzene rings is 1. The van der Waals surface area contributed by atoms with Gasteiger partial charge >= 0.3 is 0 Å². The number of pyridine rings is 1. The van der Waals surface area contributed by atoms with E-state index in [1.54, 1.807) is 0 Å². The molecule has 1 unspecified atom stereocenters. The third-order valence-corrected chi connectivity index (χ3v) is 4.78. The fourth-order valence-corrected chi connectivity index (χ4v) is 3.70. The van der Waals surface area contributed by atoms with Gasteiger partial charge in [0, 0.05) is 17.6 Å². The number of fused-ring (bicyclic) bond motifs is 1.